The second-order valence-electron chi connectivity index (χ2n) is 4.31. The summed E-state index contributed by atoms with van der Waals surface area (Å²) in [6.45, 7) is 0.758. The standard InChI is InChI=1S/C13H13N3OS/c14-10-3-4-11-9(6-10)2-1-5-16(11)13(17)12-7-15-8-18-12/h3-4,6-8H,1-2,5,14H2. The molecule has 0 spiro atoms. The number of thiazole rings is 1. The molecule has 0 fully saturated rings. The van der Waals surface area contributed by atoms with E-state index in [9.17, 15) is 4.79 Å². The first kappa shape index (κ1) is 11.2. The van der Waals surface area contributed by atoms with E-state index in [-0.39, 0.29) is 5.91 Å². The number of hydrogen-bond acceptors (Lipinski definition) is 4. The summed E-state index contributed by atoms with van der Waals surface area (Å²) in [5.74, 6) is 0.0308. The van der Waals surface area contributed by atoms with Crippen molar-refractivity contribution in [3.8, 4) is 0 Å². The molecule has 1 aliphatic heterocycles. The highest BCUT2D eigenvalue weighted by Gasteiger charge is 2.24. The first-order valence-corrected chi connectivity index (χ1v) is 6.72. The van der Waals surface area contributed by atoms with E-state index in [0.29, 0.717) is 4.88 Å². The number of aromatic nitrogens is 1. The van der Waals surface area contributed by atoms with E-state index in [1.54, 1.807) is 11.7 Å². The molecule has 0 bridgehead atoms. The molecule has 0 saturated heterocycles. The molecule has 0 radical (unpaired) electrons. The average molecular weight is 259 g/mol. The molecule has 1 aliphatic rings. The minimum Gasteiger partial charge on any atom is -0.399 e. The van der Waals surface area contributed by atoms with E-state index >= 15 is 0 Å². The van der Waals surface area contributed by atoms with Crippen LogP contribution in [0.4, 0.5) is 11.4 Å². The van der Waals surface area contributed by atoms with Crippen LogP contribution in [0.3, 0.4) is 0 Å². The van der Waals surface area contributed by atoms with Crippen molar-refractivity contribution in [1.82, 2.24) is 4.98 Å². The van der Waals surface area contributed by atoms with Crippen LogP contribution < -0.4 is 10.6 Å². The molecular formula is C13H13N3OS. The SMILES string of the molecule is Nc1ccc2c(c1)CCCN2C(=O)c1cncs1. The van der Waals surface area contributed by atoms with Gasteiger partial charge in [-0.15, -0.1) is 11.3 Å². The first-order chi connectivity index (χ1) is 8.75. The Labute approximate surface area is 109 Å². The lowest BCUT2D eigenvalue weighted by Crippen LogP contribution is -2.35. The molecule has 3 rings (SSSR count). The number of carbonyl (C=O) groups excluding carboxylic acids is 1. The number of amides is 1. The highest BCUT2D eigenvalue weighted by molar-refractivity contribution is 7.11. The molecule has 2 aromatic rings. The van der Waals surface area contributed by atoms with E-state index in [2.05, 4.69) is 4.98 Å². The normalized spacial score (nSPS) is 14.3. The van der Waals surface area contributed by atoms with Crippen LogP contribution in [0.25, 0.3) is 0 Å². The molecule has 18 heavy (non-hydrogen) atoms. The predicted octanol–water partition coefficient (Wildman–Crippen LogP) is 2.32. The summed E-state index contributed by atoms with van der Waals surface area (Å²) >= 11 is 1.38. The maximum atomic E-state index is 12.4. The van der Waals surface area contributed by atoms with Gasteiger partial charge in [-0.2, -0.15) is 0 Å². The lowest BCUT2D eigenvalue weighted by molar-refractivity contribution is 0.0989. The third kappa shape index (κ3) is 1.86. The number of benzene rings is 1. The molecule has 1 aromatic heterocycles. The van der Waals surface area contributed by atoms with Gasteiger partial charge in [0.25, 0.3) is 5.91 Å². The predicted molar refractivity (Wildman–Crippen MR) is 73.0 cm³/mol. The Morgan fingerprint density at radius 1 is 1.44 bits per heavy atom. The Balaban J connectivity index is 1.99. The molecule has 0 atom stereocenters. The molecule has 92 valence electrons. The van der Waals surface area contributed by atoms with Crippen LogP contribution in [0.2, 0.25) is 0 Å². The van der Waals surface area contributed by atoms with Gasteiger partial charge in [-0.3, -0.25) is 9.78 Å². The fourth-order valence-corrected chi connectivity index (χ4v) is 2.85. The fourth-order valence-electron chi connectivity index (χ4n) is 2.28. The third-order valence-corrected chi connectivity index (χ3v) is 3.87. The number of rotatable bonds is 1. The van der Waals surface area contributed by atoms with E-state index < -0.39 is 0 Å². The quantitative estimate of drug-likeness (QED) is 0.799. The molecule has 2 N–H and O–H groups in total. The Morgan fingerprint density at radius 2 is 2.33 bits per heavy atom. The maximum absolute atomic E-state index is 12.4. The van der Waals surface area contributed by atoms with E-state index in [1.807, 2.05) is 23.1 Å². The Bertz CT molecular complexity index is 580. The molecule has 0 aliphatic carbocycles. The Morgan fingerprint density at radius 3 is 3.11 bits per heavy atom. The molecule has 1 aromatic carbocycles. The van der Waals surface area contributed by atoms with Crippen molar-refractivity contribution < 1.29 is 4.79 Å². The van der Waals surface area contributed by atoms with Crippen LogP contribution >= 0.6 is 11.3 Å². The van der Waals surface area contributed by atoms with Crippen LogP contribution in [0.15, 0.2) is 29.9 Å². The van der Waals surface area contributed by atoms with Gasteiger partial charge in [0.2, 0.25) is 0 Å². The minimum absolute atomic E-state index is 0.0308. The summed E-state index contributed by atoms with van der Waals surface area (Å²) in [4.78, 5) is 18.8. The van der Waals surface area contributed by atoms with Crippen molar-refractivity contribution >= 4 is 28.6 Å². The monoisotopic (exact) mass is 259 g/mol. The number of nitrogens with two attached hydrogens (primary N) is 1. The summed E-state index contributed by atoms with van der Waals surface area (Å²) in [6.07, 6.45) is 3.58. The topological polar surface area (TPSA) is 59.2 Å². The maximum Gasteiger partial charge on any atom is 0.269 e. The van der Waals surface area contributed by atoms with Gasteiger partial charge in [0.15, 0.2) is 0 Å². The number of fused-ring (bicyclic) bond motifs is 1. The molecule has 4 nitrogen and oxygen atoms in total. The minimum atomic E-state index is 0.0308. The number of nitrogens with zero attached hydrogens (tertiary/aromatic N) is 2. The summed E-state index contributed by atoms with van der Waals surface area (Å²) < 4.78 is 0. The molecule has 1 amide bonds. The molecule has 0 unspecified atom stereocenters. The van der Waals surface area contributed by atoms with Gasteiger partial charge < -0.3 is 10.6 Å². The van der Waals surface area contributed by atoms with Gasteiger partial charge in [0.05, 0.1) is 11.7 Å². The highest BCUT2D eigenvalue weighted by atomic mass is 32.1. The largest absolute Gasteiger partial charge is 0.399 e. The van der Waals surface area contributed by atoms with Crippen molar-refractivity contribution in [2.75, 3.05) is 17.2 Å². The van der Waals surface area contributed by atoms with Crippen molar-refractivity contribution in [3.63, 3.8) is 0 Å². The average Bonchev–Trinajstić information content (AvgIpc) is 2.90. The number of aryl methyl sites for hydroxylation is 1. The zero-order valence-corrected chi connectivity index (χ0v) is 10.6. The highest BCUT2D eigenvalue weighted by Crippen LogP contribution is 2.30. The summed E-state index contributed by atoms with van der Waals surface area (Å²) in [7, 11) is 0. The van der Waals surface area contributed by atoms with Crippen LogP contribution in [0.5, 0.6) is 0 Å². The van der Waals surface area contributed by atoms with E-state index in [0.717, 1.165) is 36.3 Å². The van der Waals surface area contributed by atoms with Crippen molar-refractivity contribution in [2.45, 2.75) is 12.8 Å². The van der Waals surface area contributed by atoms with Crippen LogP contribution in [0.1, 0.15) is 21.7 Å². The fraction of sp³-hybridized carbons (Fsp3) is 0.231. The van der Waals surface area contributed by atoms with E-state index in [4.69, 9.17) is 5.73 Å². The zero-order valence-electron chi connectivity index (χ0n) is 9.80. The number of nitrogen functional groups attached to an aromatic ring is 1. The lowest BCUT2D eigenvalue weighted by atomic mass is 10.0. The smallest absolute Gasteiger partial charge is 0.269 e. The van der Waals surface area contributed by atoms with Gasteiger partial charge in [0, 0.05) is 17.9 Å². The molecule has 0 saturated carbocycles. The van der Waals surface area contributed by atoms with Gasteiger partial charge >= 0.3 is 0 Å². The first-order valence-electron chi connectivity index (χ1n) is 5.84. The zero-order chi connectivity index (χ0) is 12.5. The van der Waals surface area contributed by atoms with Gasteiger partial charge in [-0.25, -0.2) is 0 Å². The van der Waals surface area contributed by atoms with Gasteiger partial charge in [0.1, 0.15) is 4.88 Å². The van der Waals surface area contributed by atoms with Gasteiger partial charge in [-0.1, -0.05) is 0 Å². The van der Waals surface area contributed by atoms with Crippen molar-refractivity contribution in [3.05, 3.63) is 40.3 Å². The number of hydrogen-bond donors (Lipinski definition) is 1. The van der Waals surface area contributed by atoms with Crippen LogP contribution in [-0.2, 0) is 6.42 Å². The molecule has 2 heterocycles. The Kier molecular flexibility index (Phi) is 2.76. The molecule has 5 heteroatoms. The molecular weight excluding hydrogens is 246 g/mol. The van der Waals surface area contributed by atoms with Crippen LogP contribution in [0, 0.1) is 0 Å². The second kappa shape index (κ2) is 4.42. The summed E-state index contributed by atoms with van der Waals surface area (Å²) in [5.41, 5.74) is 10.4. The van der Waals surface area contributed by atoms with E-state index in [1.165, 1.54) is 11.3 Å². The summed E-state index contributed by atoms with van der Waals surface area (Å²) in [5, 5.41) is 0. The van der Waals surface area contributed by atoms with Crippen LogP contribution in [-0.4, -0.2) is 17.4 Å². The number of carbonyl (C=O) groups is 1. The third-order valence-electron chi connectivity index (χ3n) is 3.11. The second-order valence-corrected chi connectivity index (χ2v) is 5.20. The summed E-state index contributed by atoms with van der Waals surface area (Å²) in [6, 6.07) is 5.74. The lowest BCUT2D eigenvalue weighted by Gasteiger charge is -2.29. The van der Waals surface area contributed by atoms with Crippen molar-refractivity contribution in [2.24, 2.45) is 0 Å². The van der Waals surface area contributed by atoms with Gasteiger partial charge in [-0.05, 0) is 36.6 Å². The Hall–Kier alpha value is -1.88. The number of anilines is 2. The van der Waals surface area contributed by atoms with Crippen molar-refractivity contribution in [1.29, 1.82) is 0 Å².